The highest BCUT2D eigenvalue weighted by atomic mass is 32.2. The molecule has 1 aliphatic heterocycles. The normalized spacial score (nSPS) is 22.8. The summed E-state index contributed by atoms with van der Waals surface area (Å²) in [6.07, 6.45) is 0.734. The smallest absolute Gasteiger partial charge is 0.237 e. The van der Waals surface area contributed by atoms with Gasteiger partial charge in [0.1, 0.15) is 0 Å². The Morgan fingerprint density at radius 1 is 1.53 bits per heavy atom. The molecular weight excluding hydrogens is 236 g/mol. The van der Waals surface area contributed by atoms with Crippen LogP contribution in [-0.2, 0) is 4.79 Å². The number of rotatable bonds is 5. The van der Waals surface area contributed by atoms with Crippen LogP contribution in [0.25, 0.3) is 0 Å². The number of aliphatic hydroxyl groups excluding tert-OH is 1. The number of nitrogens with one attached hydrogen (secondary N) is 1. The van der Waals surface area contributed by atoms with Gasteiger partial charge in [-0.25, -0.2) is 0 Å². The van der Waals surface area contributed by atoms with Crippen molar-refractivity contribution in [2.45, 2.75) is 38.8 Å². The van der Waals surface area contributed by atoms with Crippen LogP contribution in [-0.4, -0.2) is 58.7 Å². The molecule has 0 spiro atoms. The van der Waals surface area contributed by atoms with Gasteiger partial charge in [0.05, 0.1) is 18.2 Å². The molecule has 4 nitrogen and oxygen atoms in total. The summed E-state index contributed by atoms with van der Waals surface area (Å²) in [5.41, 5.74) is -0.490. The predicted molar refractivity (Wildman–Crippen MR) is 72.3 cm³/mol. The van der Waals surface area contributed by atoms with Crippen molar-refractivity contribution < 1.29 is 9.90 Å². The Hall–Kier alpha value is -0.260. The minimum atomic E-state index is -0.490. The van der Waals surface area contributed by atoms with E-state index in [1.165, 1.54) is 0 Å². The second-order valence-corrected chi connectivity index (χ2v) is 6.11. The second kappa shape index (κ2) is 6.61. The monoisotopic (exact) mass is 260 g/mol. The predicted octanol–water partition coefficient (Wildman–Crippen LogP) is 0.701. The third-order valence-corrected chi connectivity index (χ3v) is 4.47. The maximum absolute atomic E-state index is 12.1. The molecule has 1 amide bonds. The zero-order valence-electron chi connectivity index (χ0n) is 11.0. The minimum Gasteiger partial charge on any atom is -0.394 e. The molecule has 1 rings (SSSR count). The Labute approximate surface area is 108 Å². The molecule has 1 heterocycles. The Bertz CT molecular complexity index is 251. The molecule has 0 aromatic heterocycles. The number of hydrogen-bond acceptors (Lipinski definition) is 4. The van der Waals surface area contributed by atoms with Crippen LogP contribution in [0.5, 0.6) is 0 Å². The van der Waals surface area contributed by atoms with Crippen LogP contribution in [0.2, 0.25) is 0 Å². The number of aliphatic hydroxyl groups is 1. The maximum atomic E-state index is 12.1. The lowest BCUT2D eigenvalue weighted by molar-refractivity contribution is -0.128. The molecular formula is C12H24N2O2S. The van der Waals surface area contributed by atoms with Crippen LogP contribution < -0.4 is 5.32 Å². The molecule has 5 heteroatoms. The molecule has 0 aromatic rings. The van der Waals surface area contributed by atoms with Crippen molar-refractivity contribution in [3.05, 3.63) is 0 Å². The summed E-state index contributed by atoms with van der Waals surface area (Å²) in [4.78, 5) is 14.3. The topological polar surface area (TPSA) is 52.6 Å². The van der Waals surface area contributed by atoms with Gasteiger partial charge in [-0.05, 0) is 20.3 Å². The Kier molecular flexibility index (Phi) is 5.76. The lowest BCUT2D eigenvalue weighted by atomic mass is 9.99. The Morgan fingerprint density at radius 2 is 2.12 bits per heavy atom. The van der Waals surface area contributed by atoms with E-state index in [-0.39, 0.29) is 18.6 Å². The van der Waals surface area contributed by atoms with Crippen molar-refractivity contribution in [1.29, 1.82) is 0 Å². The largest absolute Gasteiger partial charge is 0.394 e. The maximum Gasteiger partial charge on any atom is 0.237 e. The van der Waals surface area contributed by atoms with Crippen molar-refractivity contribution in [2.75, 3.05) is 31.2 Å². The van der Waals surface area contributed by atoms with E-state index in [2.05, 4.69) is 10.2 Å². The van der Waals surface area contributed by atoms with Crippen molar-refractivity contribution in [1.82, 2.24) is 10.2 Å². The van der Waals surface area contributed by atoms with Crippen molar-refractivity contribution in [3.8, 4) is 0 Å². The fraction of sp³-hybridized carbons (Fsp3) is 0.917. The molecule has 1 fully saturated rings. The first-order valence-corrected chi connectivity index (χ1v) is 7.42. The van der Waals surface area contributed by atoms with Crippen LogP contribution in [0.15, 0.2) is 0 Å². The van der Waals surface area contributed by atoms with E-state index < -0.39 is 5.54 Å². The quantitative estimate of drug-likeness (QED) is 0.764. The third-order valence-electron chi connectivity index (χ3n) is 3.53. The van der Waals surface area contributed by atoms with Crippen LogP contribution in [0, 0.1) is 0 Å². The highest BCUT2D eigenvalue weighted by Gasteiger charge is 2.29. The summed E-state index contributed by atoms with van der Waals surface area (Å²) in [6.45, 7) is 7.72. The zero-order chi connectivity index (χ0) is 12.9. The molecule has 0 bridgehead atoms. The second-order valence-electron chi connectivity index (χ2n) is 4.89. The van der Waals surface area contributed by atoms with Gasteiger partial charge in [-0.3, -0.25) is 9.69 Å². The first-order chi connectivity index (χ1) is 8.02. The van der Waals surface area contributed by atoms with E-state index in [9.17, 15) is 9.90 Å². The molecule has 1 saturated heterocycles. The number of thioether (sulfide) groups is 1. The van der Waals surface area contributed by atoms with E-state index >= 15 is 0 Å². The fourth-order valence-electron chi connectivity index (χ4n) is 1.77. The summed E-state index contributed by atoms with van der Waals surface area (Å²) in [6, 6.07) is -0.103. The zero-order valence-corrected chi connectivity index (χ0v) is 11.8. The summed E-state index contributed by atoms with van der Waals surface area (Å²) >= 11 is 1.94. The van der Waals surface area contributed by atoms with Gasteiger partial charge in [0.15, 0.2) is 0 Å². The number of nitrogens with zero attached hydrogens (tertiary/aromatic N) is 1. The highest BCUT2D eigenvalue weighted by molar-refractivity contribution is 7.99. The van der Waals surface area contributed by atoms with Crippen molar-refractivity contribution in [3.63, 3.8) is 0 Å². The molecule has 0 unspecified atom stereocenters. The number of amides is 1. The minimum absolute atomic E-state index is 0.0161. The number of carbonyl (C=O) groups excluding carboxylic acids is 1. The Balaban J connectivity index is 2.50. The van der Waals surface area contributed by atoms with Gasteiger partial charge in [-0.1, -0.05) is 6.92 Å². The number of carbonyl (C=O) groups is 1. The average molecular weight is 260 g/mol. The molecule has 2 atom stereocenters. The lowest BCUT2D eigenvalue weighted by Gasteiger charge is -2.34. The van der Waals surface area contributed by atoms with Gasteiger partial charge >= 0.3 is 0 Å². The Morgan fingerprint density at radius 3 is 2.59 bits per heavy atom. The van der Waals surface area contributed by atoms with Crippen molar-refractivity contribution in [2.24, 2.45) is 0 Å². The molecule has 0 aliphatic carbocycles. The molecule has 0 radical (unpaired) electrons. The lowest BCUT2D eigenvalue weighted by Crippen LogP contribution is -2.55. The molecule has 17 heavy (non-hydrogen) atoms. The molecule has 1 aliphatic rings. The summed E-state index contributed by atoms with van der Waals surface area (Å²) < 4.78 is 0. The van der Waals surface area contributed by atoms with Crippen molar-refractivity contribution >= 4 is 17.7 Å². The van der Waals surface area contributed by atoms with Gasteiger partial charge in [-0.2, -0.15) is 11.8 Å². The highest BCUT2D eigenvalue weighted by Crippen LogP contribution is 2.14. The SMILES string of the molecule is CC[C@@](C)(CO)NC(=O)[C@H](C)N1CCSCC1. The van der Waals surface area contributed by atoms with Crippen LogP contribution >= 0.6 is 11.8 Å². The fourth-order valence-corrected chi connectivity index (χ4v) is 2.70. The first-order valence-electron chi connectivity index (χ1n) is 6.27. The molecule has 2 N–H and O–H groups in total. The van der Waals surface area contributed by atoms with Crippen LogP contribution in [0.3, 0.4) is 0 Å². The van der Waals surface area contributed by atoms with Crippen LogP contribution in [0.1, 0.15) is 27.2 Å². The third kappa shape index (κ3) is 4.16. The molecule has 0 aromatic carbocycles. The molecule has 100 valence electrons. The first kappa shape index (κ1) is 14.8. The van der Waals surface area contributed by atoms with E-state index in [4.69, 9.17) is 0 Å². The average Bonchev–Trinajstić information content (AvgIpc) is 2.38. The van der Waals surface area contributed by atoms with Gasteiger partial charge in [0, 0.05) is 24.6 Å². The summed E-state index contributed by atoms with van der Waals surface area (Å²) in [5.74, 6) is 2.22. The van der Waals surface area contributed by atoms with Gasteiger partial charge in [-0.15, -0.1) is 0 Å². The van der Waals surface area contributed by atoms with E-state index in [1.54, 1.807) is 0 Å². The van der Waals surface area contributed by atoms with E-state index in [0.29, 0.717) is 0 Å². The molecule has 0 saturated carbocycles. The van der Waals surface area contributed by atoms with Gasteiger partial charge in [0.25, 0.3) is 0 Å². The van der Waals surface area contributed by atoms with Gasteiger partial charge < -0.3 is 10.4 Å². The van der Waals surface area contributed by atoms with E-state index in [1.807, 2.05) is 32.5 Å². The number of hydrogen-bond donors (Lipinski definition) is 2. The van der Waals surface area contributed by atoms with Gasteiger partial charge in [0.2, 0.25) is 5.91 Å². The van der Waals surface area contributed by atoms with E-state index in [0.717, 1.165) is 31.0 Å². The van der Waals surface area contributed by atoms with Crippen LogP contribution in [0.4, 0.5) is 0 Å². The standard InChI is InChI=1S/C12H24N2O2S/c1-4-12(3,9-15)13-11(16)10(2)14-5-7-17-8-6-14/h10,15H,4-9H2,1-3H3,(H,13,16)/t10-,12-/m0/s1. The summed E-state index contributed by atoms with van der Waals surface area (Å²) in [5, 5.41) is 12.2. The summed E-state index contributed by atoms with van der Waals surface area (Å²) in [7, 11) is 0.